The highest BCUT2D eigenvalue weighted by Gasteiger charge is 2.39. The van der Waals surface area contributed by atoms with Gasteiger partial charge in [-0.15, -0.1) is 0 Å². The molecule has 3 atom stereocenters. The van der Waals surface area contributed by atoms with Gasteiger partial charge in [0.25, 0.3) is 0 Å². The van der Waals surface area contributed by atoms with Crippen LogP contribution in [0.15, 0.2) is 0 Å². The average Bonchev–Trinajstić information content (AvgIpc) is 2.91. The first kappa shape index (κ1) is 15.6. The molecule has 0 radical (unpaired) electrons. The molecular weight excluding hydrogens is 278 g/mol. The number of ether oxygens (including phenoxy) is 1. The summed E-state index contributed by atoms with van der Waals surface area (Å²) in [6.45, 7) is 0.824. The van der Waals surface area contributed by atoms with E-state index in [4.69, 9.17) is 9.84 Å². The molecule has 0 aromatic rings. The number of aliphatic carboxylic acids is 1. The van der Waals surface area contributed by atoms with Crippen LogP contribution in [0.3, 0.4) is 0 Å². The Morgan fingerprint density at radius 2 is 2.14 bits per heavy atom. The second-order valence-electron chi connectivity index (χ2n) is 5.62. The van der Waals surface area contributed by atoms with Crippen LogP contribution in [0.25, 0.3) is 0 Å². The molecule has 2 rings (SSSR count). The number of likely N-dealkylation sites (N-methyl/N-ethyl adjacent to an activating group) is 2. The lowest BCUT2D eigenvalue weighted by Crippen LogP contribution is -2.54. The summed E-state index contributed by atoms with van der Waals surface area (Å²) in [4.78, 5) is 37.7. The summed E-state index contributed by atoms with van der Waals surface area (Å²) in [5.74, 6) is -1.58. The first-order valence-electron chi connectivity index (χ1n) is 6.98. The zero-order valence-electron chi connectivity index (χ0n) is 12.2. The van der Waals surface area contributed by atoms with Crippen LogP contribution in [0.2, 0.25) is 0 Å². The van der Waals surface area contributed by atoms with Crippen LogP contribution in [-0.2, 0) is 14.3 Å². The minimum atomic E-state index is -0.958. The summed E-state index contributed by atoms with van der Waals surface area (Å²) in [6.07, 6.45) is 1.02. The SMILES string of the molecule is CN1CC(NC(=O)N(C)C2COCC2C(=O)O)CCC1=O. The smallest absolute Gasteiger partial charge is 0.317 e. The molecule has 0 aromatic carbocycles. The molecule has 3 amide bonds. The Morgan fingerprint density at radius 3 is 2.76 bits per heavy atom. The number of nitrogens with zero attached hydrogens (tertiary/aromatic N) is 2. The first-order chi connectivity index (χ1) is 9.90. The number of hydrogen-bond donors (Lipinski definition) is 2. The van der Waals surface area contributed by atoms with Crippen LogP contribution in [0.1, 0.15) is 12.8 Å². The lowest BCUT2D eigenvalue weighted by Gasteiger charge is -2.33. The van der Waals surface area contributed by atoms with Crippen molar-refractivity contribution in [3.63, 3.8) is 0 Å². The number of rotatable bonds is 3. The molecule has 0 saturated carbocycles. The van der Waals surface area contributed by atoms with Crippen LogP contribution in [-0.4, -0.2) is 78.8 Å². The Balaban J connectivity index is 1.90. The summed E-state index contributed by atoms with van der Waals surface area (Å²) in [6, 6.07) is -0.900. The molecule has 3 unspecified atom stereocenters. The van der Waals surface area contributed by atoms with E-state index in [1.807, 2.05) is 0 Å². The molecule has 0 bridgehead atoms. The van der Waals surface area contributed by atoms with Crippen molar-refractivity contribution in [2.75, 3.05) is 33.9 Å². The van der Waals surface area contributed by atoms with Gasteiger partial charge in [-0.25, -0.2) is 4.79 Å². The van der Waals surface area contributed by atoms with E-state index >= 15 is 0 Å². The van der Waals surface area contributed by atoms with Crippen molar-refractivity contribution in [2.45, 2.75) is 24.9 Å². The molecule has 0 spiro atoms. The van der Waals surface area contributed by atoms with E-state index < -0.39 is 17.9 Å². The van der Waals surface area contributed by atoms with Gasteiger partial charge in [0.15, 0.2) is 0 Å². The standard InChI is InChI=1S/C13H21N3O5/c1-15-5-8(3-4-11(15)17)14-13(20)16(2)10-7-21-6-9(10)12(18)19/h8-10H,3-7H2,1-2H3,(H,14,20)(H,18,19). The highest BCUT2D eigenvalue weighted by Crippen LogP contribution is 2.19. The summed E-state index contributed by atoms with van der Waals surface area (Å²) in [5, 5.41) is 12.0. The minimum absolute atomic E-state index is 0.0731. The molecule has 2 fully saturated rings. The monoisotopic (exact) mass is 299 g/mol. The zero-order chi connectivity index (χ0) is 15.6. The van der Waals surface area contributed by atoms with E-state index in [0.717, 1.165) is 0 Å². The van der Waals surface area contributed by atoms with Gasteiger partial charge in [-0.05, 0) is 6.42 Å². The number of nitrogens with one attached hydrogen (secondary N) is 1. The number of urea groups is 1. The van der Waals surface area contributed by atoms with Crippen LogP contribution < -0.4 is 5.32 Å². The summed E-state index contributed by atoms with van der Waals surface area (Å²) >= 11 is 0. The number of carboxylic acid groups (broad SMARTS) is 1. The van der Waals surface area contributed by atoms with Gasteiger partial charge < -0.3 is 25.0 Å². The molecule has 2 saturated heterocycles. The maximum Gasteiger partial charge on any atom is 0.317 e. The van der Waals surface area contributed by atoms with Gasteiger partial charge in [0.05, 0.1) is 19.3 Å². The maximum absolute atomic E-state index is 12.2. The molecule has 2 N–H and O–H groups in total. The summed E-state index contributed by atoms with van der Waals surface area (Å²) < 4.78 is 5.17. The van der Waals surface area contributed by atoms with Gasteiger partial charge in [0, 0.05) is 33.1 Å². The summed E-state index contributed by atoms with van der Waals surface area (Å²) in [5.41, 5.74) is 0. The molecule has 8 heteroatoms. The van der Waals surface area contributed by atoms with Crippen LogP contribution in [0, 0.1) is 5.92 Å². The van der Waals surface area contributed by atoms with Gasteiger partial charge in [0.2, 0.25) is 5.91 Å². The quantitative estimate of drug-likeness (QED) is 0.721. The molecule has 2 aliphatic rings. The van der Waals surface area contributed by atoms with Crippen molar-refractivity contribution < 1.29 is 24.2 Å². The lowest BCUT2D eigenvalue weighted by molar-refractivity contribution is -0.142. The van der Waals surface area contributed by atoms with E-state index in [9.17, 15) is 14.4 Å². The Labute approximate surface area is 123 Å². The molecular formula is C13H21N3O5. The zero-order valence-corrected chi connectivity index (χ0v) is 12.2. The van der Waals surface area contributed by atoms with Crippen LogP contribution in [0.4, 0.5) is 4.79 Å². The Hall–Kier alpha value is -1.83. The fourth-order valence-corrected chi connectivity index (χ4v) is 2.72. The van der Waals surface area contributed by atoms with E-state index in [1.54, 1.807) is 19.0 Å². The molecule has 0 aliphatic carbocycles. The first-order valence-corrected chi connectivity index (χ1v) is 6.98. The van der Waals surface area contributed by atoms with Crippen LogP contribution >= 0.6 is 0 Å². The van der Waals surface area contributed by atoms with Crippen molar-refractivity contribution in [3.05, 3.63) is 0 Å². The number of carbonyl (C=O) groups excluding carboxylic acids is 2. The Kier molecular flexibility index (Phi) is 4.66. The minimum Gasteiger partial charge on any atom is -0.481 e. The normalized spacial score (nSPS) is 29.3. The Bertz CT molecular complexity index is 442. The second kappa shape index (κ2) is 6.30. The van der Waals surface area contributed by atoms with Gasteiger partial charge in [0.1, 0.15) is 5.92 Å². The van der Waals surface area contributed by atoms with E-state index in [2.05, 4.69) is 5.32 Å². The number of piperidine rings is 1. The molecule has 0 aromatic heterocycles. The summed E-state index contributed by atoms with van der Waals surface area (Å²) in [7, 11) is 3.28. The van der Waals surface area contributed by atoms with Gasteiger partial charge in [-0.3, -0.25) is 9.59 Å². The molecule has 118 valence electrons. The lowest BCUT2D eigenvalue weighted by atomic mass is 10.0. The van der Waals surface area contributed by atoms with Crippen LogP contribution in [0.5, 0.6) is 0 Å². The fraction of sp³-hybridized carbons (Fsp3) is 0.769. The van der Waals surface area contributed by atoms with Crippen molar-refractivity contribution in [1.29, 1.82) is 0 Å². The number of carbonyl (C=O) groups is 3. The predicted molar refractivity (Wildman–Crippen MR) is 72.7 cm³/mol. The van der Waals surface area contributed by atoms with Gasteiger partial charge >= 0.3 is 12.0 Å². The topological polar surface area (TPSA) is 99.2 Å². The number of amides is 3. The largest absolute Gasteiger partial charge is 0.481 e. The molecule has 21 heavy (non-hydrogen) atoms. The van der Waals surface area contributed by atoms with Crippen molar-refractivity contribution in [1.82, 2.24) is 15.1 Å². The maximum atomic E-state index is 12.2. The van der Waals surface area contributed by atoms with Gasteiger partial charge in [-0.2, -0.15) is 0 Å². The molecule has 2 aliphatic heterocycles. The van der Waals surface area contributed by atoms with Gasteiger partial charge in [-0.1, -0.05) is 0 Å². The van der Waals surface area contributed by atoms with E-state index in [0.29, 0.717) is 19.4 Å². The second-order valence-corrected chi connectivity index (χ2v) is 5.62. The van der Waals surface area contributed by atoms with E-state index in [-0.39, 0.29) is 31.2 Å². The third-order valence-electron chi connectivity index (χ3n) is 4.14. The number of likely N-dealkylation sites (tertiary alicyclic amines) is 1. The van der Waals surface area contributed by atoms with Crippen molar-refractivity contribution >= 4 is 17.9 Å². The predicted octanol–water partition coefficient (Wildman–Crippen LogP) is -0.652. The highest BCUT2D eigenvalue weighted by molar-refractivity contribution is 5.79. The highest BCUT2D eigenvalue weighted by atomic mass is 16.5. The molecule has 2 heterocycles. The average molecular weight is 299 g/mol. The van der Waals surface area contributed by atoms with Crippen molar-refractivity contribution in [2.24, 2.45) is 5.92 Å². The number of carboxylic acids is 1. The Morgan fingerprint density at radius 1 is 1.43 bits per heavy atom. The number of hydrogen-bond acceptors (Lipinski definition) is 4. The third-order valence-corrected chi connectivity index (χ3v) is 4.14. The van der Waals surface area contributed by atoms with E-state index in [1.165, 1.54) is 4.90 Å². The third kappa shape index (κ3) is 3.44. The van der Waals surface area contributed by atoms with Crippen molar-refractivity contribution in [3.8, 4) is 0 Å². The molecule has 8 nitrogen and oxygen atoms in total. The fourth-order valence-electron chi connectivity index (χ4n) is 2.72.